The van der Waals surface area contributed by atoms with Gasteiger partial charge in [-0.15, -0.1) is 0 Å². The molecule has 0 saturated heterocycles. The molecule has 0 bridgehead atoms. The fourth-order valence-corrected chi connectivity index (χ4v) is 3.18. The predicted molar refractivity (Wildman–Crippen MR) is 94.0 cm³/mol. The van der Waals surface area contributed by atoms with Gasteiger partial charge in [-0.1, -0.05) is 54.1 Å². The Kier molecular flexibility index (Phi) is 5.54. The van der Waals surface area contributed by atoms with E-state index in [9.17, 15) is 13.2 Å². The van der Waals surface area contributed by atoms with Crippen molar-refractivity contribution in [2.75, 3.05) is 0 Å². The summed E-state index contributed by atoms with van der Waals surface area (Å²) in [6.45, 7) is 3.30. The van der Waals surface area contributed by atoms with Gasteiger partial charge in [0.15, 0.2) is 0 Å². The molecule has 0 aliphatic carbocycles. The van der Waals surface area contributed by atoms with Crippen molar-refractivity contribution >= 4 is 28.1 Å². The van der Waals surface area contributed by atoms with Gasteiger partial charge in [0.2, 0.25) is 10.0 Å². The highest BCUT2D eigenvalue weighted by molar-refractivity contribution is 7.89. The Bertz CT molecular complexity index is 838. The fraction of sp³-hybridized carbons (Fsp3) is 0.167. The molecule has 0 radical (unpaired) electrons. The van der Waals surface area contributed by atoms with Crippen LogP contribution in [0.25, 0.3) is 12.2 Å². The van der Waals surface area contributed by atoms with E-state index < -0.39 is 22.0 Å². The van der Waals surface area contributed by atoms with E-state index in [4.69, 9.17) is 5.11 Å². The van der Waals surface area contributed by atoms with Crippen LogP contribution in [0.1, 0.15) is 23.6 Å². The first-order valence-corrected chi connectivity index (χ1v) is 8.86. The summed E-state index contributed by atoms with van der Waals surface area (Å²) in [5.74, 6) is -1.23. The maximum atomic E-state index is 12.1. The Morgan fingerprint density at radius 2 is 1.46 bits per heavy atom. The lowest BCUT2D eigenvalue weighted by Gasteiger charge is -2.10. The van der Waals surface area contributed by atoms with Crippen LogP contribution in [0.15, 0.2) is 53.4 Å². The number of aliphatic carboxylic acids is 1. The highest BCUT2D eigenvalue weighted by Gasteiger charge is 2.21. The number of aryl methyl sites for hydroxylation is 1. The van der Waals surface area contributed by atoms with Gasteiger partial charge < -0.3 is 5.11 Å². The Hall–Kier alpha value is -2.44. The predicted octanol–water partition coefficient (Wildman–Crippen LogP) is 2.92. The zero-order valence-electron chi connectivity index (χ0n) is 13.4. The van der Waals surface area contributed by atoms with Gasteiger partial charge in [0.05, 0.1) is 4.90 Å². The number of hydrogen-bond acceptors (Lipinski definition) is 3. The number of carboxylic acid groups (broad SMARTS) is 1. The zero-order valence-corrected chi connectivity index (χ0v) is 14.2. The summed E-state index contributed by atoms with van der Waals surface area (Å²) >= 11 is 0. The number of nitrogens with one attached hydrogen (secondary N) is 1. The third-order valence-electron chi connectivity index (χ3n) is 3.44. The molecule has 5 nitrogen and oxygen atoms in total. The topological polar surface area (TPSA) is 83.5 Å². The summed E-state index contributed by atoms with van der Waals surface area (Å²) in [4.78, 5) is 10.8. The van der Waals surface area contributed by atoms with E-state index in [-0.39, 0.29) is 4.90 Å². The first kappa shape index (κ1) is 17.9. The number of benzene rings is 2. The third-order valence-corrected chi connectivity index (χ3v) is 4.99. The van der Waals surface area contributed by atoms with Gasteiger partial charge in [0.1, 0.15) is 6.04 Å². The molecule has 0 aromatic heterocycles. The van der Waals surface area contributed by atoms with Gasteiger partial charge in [-0.05, 0) is 37.1 Å². The average Bonchev–Trinajstić information content (AvgIpc) is 2.54. The molecule has 2 N–H and O–H groups in total. The molecule has 0 spiro atoms. The average molecular weight is 345 g/mol. The highest BCUT2D eigenvalue weighted by atomic mass is 32.2. The summed E-state index contributed by atoms with van der Waals surface area (Å²) in [5.41, 5.74) is 3.08. The summed E-state index contributed by atoms with van der Waals surface area (Å²) < 4.78 is 26.3. The molecule has 0 fully saturated rings. The van der Waals surface area contributed by atoms with Crippen molar-refractivity contribution in [3.63, 3.8) is 0 Å². The van der Waals surface area contributed by atoms with E-state index in [0.717, 1.165) is 11.1 Å². The van der Waals surface area contributed by atoms with Crippen LogP contribution in [0.4, 0.5) is 0 Å². The zero-order chi connectivity index (χ0) is 17.7. The van der Waals surface area contributed by atoms with Crippen molar-refractivity contribution in [3.05, 3.63) is 65.2 Å². The SMILES string of the molecule is Cc1ccc(/C=C/c2ccc(S(=O)(=O)N[C@H](C)C(=O)O)cc2)cc1. The molecule has 0 saturated carbocycles. The second kappa shape index (κ2) is 7.42. The van der Waals surface area contributed by atoms with Gasteiger partial charge in [0, 0.05) is 0 Å². The Balaban J connectivity index is 2.12. The van der Waals surface area contributed by atoms with Crippen LogP contribution in [0.5, 0.6) is 0 Å². The minimum absolute atomic E-state index is 0.0306. The molecular weight excluding hydrogens is 326 g/mol. The quantitative estimate of drug-likeness (QED) is 0.789. The Labute approximate surface area is 141 Å². The molecule has 2 rings (SSSR count). The monoisotopic (exact) mass is 345 g/mol. The maximum Gasteiger partial charge on any atom is 0.321 e. The van der Waals surface area contributed by atoms with E-state index >= 15 is 0 Å². The molecule has 0 heterocycles. The van der Waals surface area contributed by atoms with Crippen LogP contribution >= 0.6 is 0 Å². The van der Waals surface area contributed by atoms with Crippen LogP contribution in [-0.2, 0) is 14.8 Å². The Morgan fingerprint density at radius 3 is 1.92 bits per heavy atom. The first-order valence-electron chi connectivity index (χ1n) is 7.38. The standard InChI is InChI=1S/C18H19NO4S/c1-13-3-5-15(6-4-13)7-8-16-9-11-17(12-10-16)24(22,23)19-14(2)18(20)21/h3-12,14,19H,1-2H3,(H,20,21)/b8-7+/t14-/m1/s1. The van der Waals surface area contributed by atoms with Gasteiger partial charge in [0.25, 0.3) is 0 Å². The van der Waals surface area contributed by atoms with E-state index in [1.54, 1.807) is 12.1 Å². The summed E-state index contributed by atoms with van der Waals surface area (Å²) in [6.07, 6.45) is 3.82. The minimum Gasteiger partial charge on any atom is -0.480 e. The van der Waals surface area contributed by atoms with Crippen LogP contribution in [-0.4, -0.2) is 25.5 Å². The lowest BCUT2D eigenvalue weighted by atomic mass is 10.1. The van der Waals surface area contributed by atoms with Gasteiger partial charge in [-0.2, -0.15) is 4.72 Å². The minimum atomic E-state index is -3.85. The molecule has 24 heavy (non-hydrogen) atoms. The second-order valence-electron chi connectivity index (χ2n) is 5.49. The molecule has 0 aliphatic rings. The van der Waals surface area contributed by atoms with Crippen molar-refractivity contribution in [2.45, 2.75) is 24.8 Å². The van der Waals surface area contributed by atoms with Gasteiger partial charge in [-0.3, -0.25) is 4.79 Å². The number of carbonyl (C=O) groups is 1. The maximum absolute atomic E-state index is 12.1. The van der Waals surface area contributed by atoms with E-state index in [1.807, 2.05) is 43.3 Å². The molecular formula is C18H19NO4S. The summed E-state index contributed by atoms with van der Waals surface area (Å²) in [5, 5.41) is 8.80. The second-order valence-corrected chi connectivity index (χ2v) is 7.21. The van der Waals surface area contributed by atoms with Crippen molar-refractivity contribution < 1.29 is 18.3 Å². The number of sulfonamides is 1. The van der Waals surface area contributed by atoms with Gasteiger partial charge in [-0.25, -0.2) is 8.42 Å². The van der Waals surface area contributed by atoms with Crippen LogP contribution in [0.3, 0.4) is 0 Å². The first-order chi connectivity index (χ1) is 11.3. The lowest BCUT2D eigenvalue weighted by molar-refractivity contribution is -0.138. The number of rotatable bonds is 6. The molecule has 1 atom stereocenters. The van der Waals surface area contributed by atoms with Crippen molar-refractivity contribution in [2.24, 2.45) is 0 Å². The van der Waals surface area contributed by atoms with Crippen LogP contribution in [0.2, 0.25) is 0 Å². The van der Waals surface area contributed by atoms with E-state index in [1.165, 1.54) is 24.6 Å². The molecule has 2 aromatic rings. The van der Waals surface area contributed by atoms with E-state index in [2.05, 4.69) is 4.72 Å². The number of hydrogen-bond donors (Lipinski definition) is 2. The smallest absolute Gasteiger partial charge is 0.321 e. The molecule has 2 aromatic carbocycles. The number of carboxylic acids is 1. The van der Waals surface area contributed by atoms with Crippen molar-refractivity contribution in [1.82, 2.24) is 4.72 Å². The lowest BCUT2D eigenvalue weighted by Crippen LogP contribution is -2.38. The Morgan fingerprint density at radius 1 is 1.00 bits per heavy atom. The molecule has 0 unspecified atom stereocenters. The van der Waals surface area contributed by atoms with Crippen molar-refractivity contribution in [1.29, 1.82) is 0 Å². The summed E-state index contributed by atoms with van der Waals surface area (Å²) in [7, 11) is -3.85. The normalized spacial score (nSPS) is 13.1. The van der Waals surface area contributed by atoms with Crippen LogP contribution < -0.4 is 4.72 Å². The van der Waals surface area contributed by atoms with Gasteiger partial charge >= 0.3 is 5.97 Å². The third kappa shape index (κ3) is 4.78. The highest BCUT2D eigenvalue weighted by Crippen LogP contribution is 2.14. The van der Waals surface area contributed by atoms with Crippen molar-refractivity contribution in [3.8, 4) is 0 Å². The fourth-order valence-electron chi connectivity index (χ4n) is 1.98. The molecule has 6 heteroatoms. The largest absolute Gasteiger partial charge is 0.480 e. The molecule has 0 aliphatic heterocycles. The summed E-state index contributed by atoms with van der Waals surface area (Å²) in [6, 6.07) is 13.1. The molecule has 126 valence electrons. The molecule has 0 amide bonds. The van der Waals surface area contributed by atoms with E-state index in [0.29, 0.717) is 0 Å². The van der Waals surface area contributed by atoms with Crippen LogP contribution in [0, 0.1) is 6.92 Å².